The van der Waals surface area contributed by atoms with Crippen LogP contribution in [0.2, 0.25) is 10.0 Å². The average Bonchev–Trinajstić information content (AvgIpc) is 2.73. The van der Waals surface area contributed by atoms with Gasteiger partial charge in [-0.3, -0.25) is 4.79 Å². The monoisotopic (exact) mass is 339 g/mol. The number of anilines is 1. The fourth-order valence-corrected chi connectivity index (χ4v) is 3.67. The summed E-state index contributed by atoms with van der Waals surface area (Å²) in [4.78, 5) is 13.4. The quantitative estimate of drug-likeness (QED) is 0.716. The second-order valence-corrected chi connectivity index (χ2v) is 6.27. The molecule has 21 heavy (non-hydrogen) atoms. The zero-order valence-electron chi connectivity index (χ0n) is 11.2. The Hall–Kier alpha value is -1.22. The lowest BCUT2D eigenvalue weighted by Crippen LogP contribution is -2.20. The highest BCUT2D eigenvalue weighted by atomic mass is 35.5. The van der Waals surface area contributed by atoms with Gasteiger partial charge in [0.15, 0.2) is 0 Å². The maximum Gasteiger partial charge on any atom is 0.231 e. The van der Waals surface area contributed by atoms with Crippen LogP contribution >= 0.6 is 34.8 Å². The van der Waals surface area contributed by atoms with Gasteiger partial charge in [-0.1, -0.05) is 41.4 Å². The van der Waals surface area contributed by atoms with Crippen molar-refractivity contribution in [2.75, 3.05) is 11.9 Å². The molecule has 2 aromatic carbocycles. The van der Waals surface area contributed by atoms with Crippen LogP contribution in [0.25, 0.3) is 0 Å². The number of alkyl halides is 1. The number of likely N-dealkylation sites (N-methyl/N-ethyl adjacent to an activating group) is 1. The van der Waals surface area contributed by atoms with Crippen molar-refractivity contribution in [3.8, 4) is 0 Å². The normalized spacial score (nSPS) is 15.2. The molecule has 0 aliphatic carbocycles. The Labute approximate surface area is 138 Å². The minimum atomic E-state index is -0.447. The zero-order valence-corrected chi connectivity index (χ0v) is 13.5. The molecule has 1 unspecified atom stereocenters. The number of hydrogen-bond donors (Lipinski definition) is 0. The van der Waals surface area contributed by atoms with Gasteiger partial charge in [0.25, 0.3) is 0 Å². The van der Waals surface area contributed by atoms with Crippen LogP contribution in [0.3, 0.4) is 0 Å². The summed E-state index contributed by atoms with van der Waals surface area (Å²) in [5, 5.41) is 0.630. The topological polar surface area (TPSA) is 20.3 Å². The Balaban J connectivity index is 2.02. The molecule has 0 aromatic heterocycles. The number of amides is 1. The van der Waals surface area contributed by atoms with Crippen molar-refractivity contribution >= 4 is 46.4 Å². The number of rotatable bonds is 2. The second kappa shape index (κ2) is 5.53. The Morgan fingerprint density at radius 2 is 1.81 bits per heavy atom. The number of nitrogens with zero attached hydrogens (tertiary/aromatic N) is 1. The largest absolute Gasteiger partial charge is 0.315 e. The summed E-state index contributed by atoms with van der Waals surface area (Å²) >= 11 is 19.0. The highest BCUT2D eigenvalue weighted by Crippen LogP contribution is 2.40. The standard InChI is InChI=1S/C16H12Cl3NO/c1-20-13-6-5-9(7-10(13)8-14(20)21)16(19)15-11(17)3-2-4-12(15)18/h2-7,16H,8H2,1H3. The fraction of sp³-hybridized carbons (Fsp3) is 0.188. The third-order valence-electron chi connectivity index (χ3n) is 3.73. The number of hydrogen-bond acceptors (Lipinski definition) is 1. The number of halogens is 3. The summed E-state index contributed by atoms with van der Waals surface area (Å²) in [6.45, 7) is 0. The van der Waals surface area contributed by atoms with Crippen LogP contribution in [0.15, 0.2) is 36.4 Å². The van der Waals surface area contributed by atoms with E-state index in [1.165, 1.54) is 0 Å². The van der Waals surface area contributed by atoms with E-state index in [4.69, 9.17) is 34.8 Å². The van der Waals surface area contributed by atoms with Gasteiger partial charge in [-0.15, -0.1) is 11.6 Å². The molecule has 2 aromatic rings. The van der Waals surface area contributed by atoms with Crippen LogP contribution in [0.4, 0.5) is 5.69 Å². The molecule has 0 N–H and O–H groups in total. The third-order valence-corrected chi connectivity index (χ3v) is 4.86. The summed E-state index contributed by atoms with van der Waals surface area (Å²) < 4.78 is 0. The van der Waals surface area contributed by atoms with Gasteiger partial charge in [0.2, 0.25) is 5.91 Å². The first-order chi connectivity index (χ1) is 9.99. The van der Waals surface area contributed by atoms with E-state index in [2.05, 4.69) is 0 Å². The van der Waals surface area contributed by atoms with Gasteiger partial charge in [0.1, 0.15) is 0 Å². The molecular formula is C16H12Cl3NO. The Bertz CT molecular complexity index is 709. The molecule has 5 heteroatoms. The highest BCUT2D eigenvalue weighted by Gasteiger charge is 2.26. The molecule has 1 aliphatic rings. The molecule has 3 rings (SSSR count). The van der Waals surface area contributed by atoms with Gasteiger partial charge in [-0.05, 0) is 29.3 Å². The molecule has 0 radical (unpaired) electrons. The first-order valence-electron chi connectivity index (χ1n) is 6.46. The molecule has 0 saturated heterocycles. The van der Waals surface area contributed by atoms with Crippen molar-refractivity contribution in [1.29, 1.82) is 0 Å². The number of fused-ring (bicyclic) bond motifs is 1. The number of carbonyl (C=O) groups is 1. The number of benzene rings is 2. The van der Waals surface area contributed by atoms with Crippen molar-refractivity contribution in [2.45, 2.75) is 11.8 Å². The van der Waals surface area contributed by atoms with E-state index >= 15 is 0 Å². The molecule has 1 aliphatic heterocycles. The van der Waals surface area contributed by atoms with Crippen LogP contribution in [0.5, 0.6) is 0 Å². The molecule has 0 spiro atoms. The maximum absolute atomic E-state index is 11.7. The van der Waals surface area contributed by atoms with Gasteiger partial charge in [0.05, 0.1) is 11.8 Å². The third kappa shape index (κ3) is 2.52. The predicted molar refractivity (Wildman–Crippen MR) is 87.7 cm³/mol. The van der Waals surface area contributed by atoms with Crippen LogP contribution in [-0.4, -0.2) is 13.0 Å². The minimum absolute atomic E-state index is 0.0871. The van der Waals surface area contributed by atoms with E-state index in [9.17, 15) is 4.79 Å². The van der Waals surface area contributed by atoms with E-state index in [-0.39, 0.29) is 5.91 Å². The molecule has 1 amide bonds. The molecule has 0 saturated carbocycles. The average molecular weight is 341 g/mol. The van der Waals surface area contributed by atoms with Crippen molar-refractivity contribution in [3.05, 3.63) is 63.1 Å². The molecule has 0 bridgehead atoms. The smallest absolute Gasteiger partial charge is 0.231 e. The fourth-order valence-electron chi connectivity index (χ4n) is 2.57. The van der Waals surface area contributed by atoms with Crippen molar-refractivity contribution in [3.63, 3.8) is 0 Å². The van der Waals surface area contributed by atoms with Gasteiger partial charge in [-0.25, -0.2) is 0 Å². The van der Waals surface area contributed by atoms with Crippen molar-refractivity contribution in [1.82, 2.24) is 0 Å². The zero-order chi connectivity index (χ0) is 15.1. The lowest BCUT2D eigenvalue weighted by Gasteiger charge is -2.16. The summed E-state index contributed by atoms with van der Waals surface area (Å²) in [6.07, 6.45) is 0.402. The lowest BCUT2D eigenvalue weighted by atomic mass is 10.0. The molecule has 1 heterocycles. The van der Waals surface area contributed by atoms with Gasteiger partial charge < -0.3 is 4.90 Å². The lowest BCUT2D eigenvalue weighted by molar-refractivity contribution is -0.117. The molecule has 1 atom stereocenters. The molecule has 0 fully saturated rings. The Kier molecular flexibility index (Phi) is 3.87. The summed E-state index contributed by atoms with van der Waals surface area (Å²) in [7, 11) is 1.77. The molecule has 2 nitrogen and oxygen atoms in total. The van der Waals surface area contributed by atoms with Crippen LogP contribution in [-0.2, 0) is 11.2 Å². The van der Waals surface area contributed by atoms with Crippen LogP contribution in [0.1, 0.15) is 22.1 Å². The van der Waals surface area contributed by atoms with E-state index in [1.54, 1.807) is 30.1 Å². The second-order valence-electron chi connectivity index (χ2n) is 5.02. The van der Waals surface area contributed by atoms with Gasteiger partial charge in [0, 0.05) is 28.3 Å². The summed E-state index contributed by atoms with van der Waals surface area (Å²) in [5.74, 6) is 0.0871. The van der Waals surface area contributed by atoms with E-state index < -0.39 is 5.38 Å². The number of carbonyl (C=O) groups excluding carboxylic acids is 1. The van der Waals surface area contributed by atoms with E-state index in [0.717, 1.165) is 16.8 Å². The van der Waals surface area contributed by atoms with Crippen molar-refractivity contribution < 1.29 is 4.79 Å². The summed E-state index contributed by atoms with van der Waals surface area (Å²) in [6, 6.07) is 11.1. The van der Waals surface area contributed by atoms with E-state index in [1.807, 2.05) is 18.2 Å². The summed E-state index contributed by atoms with van der Waals surface area (Å²) in [5.41, 5.74) is 3.49. The SMILES string of the molecule is CN1C(=O)Cc2cc(C(Cl)c3c(Cl)cccc3Cl)ccc21. The highest BCUT2D eigenvalue weighted by molar-refractivity contribution is 6.38. The Morgan fingerprint density at radius 3 is 2.48 bits per heavy atom. The molecule has 108 valence electrons. The molecular weight excluding hydrogens is 329 g/mol. The van der Waals surface area contributed by atoms with Crippen LogP contribution in [0, 0.1) is 0 Å². The van der Waals surface area contributed by atoms with Gasteiger partial charge in [-0.2, -0.15) is 0 Å². The predicted octanol–water partition coefficient (Wildman–Crippen LogP) is 4.84. The van der Waals surface area contributed by atoms with E-state index in [0.29, 0.717) is 22.0 Å². The van der Waals surface area contributed by atoms with Crippen LogP contribution < -0.4 is 4.90 Å². The van der Waals surface area contributed by atoms with Crippen molar-refractivity contribution in [2.24, 2.45) is 0 Å². The maximum atomic E-state index is 11.7. The first-order valence-corrected chi connectivity index (χ1v) is 7.65. The van der Waals surface area contributed by atoms with Gasteiger partial charge >= 0.3 is 0 Å². The first kappa shape index (κ1) is 14.7. The Morgan fingerprint density at radius 1 is 1.14 bits per heavy atom. The minimum Gasteiger partial charge on any atom is -0.315 e.